The second kappa shape index (κ2) is 7.31. The number of hydrogen-bond donors (Lipinski definition) is 0. The number of carbonyl (C=O) groups excluding carboxylic acids is 2. The molecule has 0 unspecified atom stereocenters. The summed E-state index contributed by atoms with van der Waals surface area (Å²) in [7, 11) is 0. The predicted molar refractivity (Wildman–Crippen MR) is 78.3 cm³/mol. The number of halogens is 1. The van der Waals surface area contributed by atoms with Gasteiger partial charge in [0.05, 0.1) is 6.61 Å². The van der Waals surface area contributed by atoms with Crippen LogP contribution in [0.25, 0.3) is 0 Å². The second-order valence-electron chi connectivity index (χ2n) is 4.80. The molecule has 1 aromatic carbocycles. The monoisotopic (exact) mass is 311 g/mol. The van der Waals surface area contributed by atoms with Gasteiger partial charge in [0.15, 0.2) is 6.61 Å². The van der Waals surface area contributed by atoms with Gasteiger partial charge in [-0.1, -0.05) is 17.7 Å². The van der Waals surface area contributed by atoms with Gasteiger partial charge >= 0.3 is 5.97 Å². The lowest BCUT2D eigenvalue weighted by atomic mass is 10.3. The molecule has 0 spiro atoms. The first-order chi connectivity index (χ1) is 10.1. The SMILES string of the molecule is CCOC(=O)CN(C(=O)COc1cccc(Cl)c1)C1CC1. The predicted octanol–water partition coefficient (Wildman–Crippen LogP) is 2.27. The average Bonchev–Trinajstić information content (AvgIpc) is 3.27. The largest absolute Gasteiger partial charge is 0.484 e. The normalized spacial score (nSPS) is 13.6. The Kier molecular flexibility index (Phi) is 5.44. The third-order valence-electron chi connectivity index (χ3n) is 3.07. The zero-order valence-electron chi connectivity index (χ0n) is 11.9. The van der Waals surface area contributed by atoms with Crippen molar-refractivity contribution in [1.29, 1.82) is 0 Å². The fourth-order valence-electron chi connectivity index (χ4n) is 1.94. The quantitative estimate of drug-likeness (QED) is 0.725. The molecule has 6 heteroatoms. The third kappa shape index (κ3) is 4.93. The summed E-state index contributed by atoms with van der Waals surface area (Å²) in [4.78, 5) is 25.2. The van der Waals surface area contributed by atoms with Crippen molar-refractivity contribution in [1.82, 2.24) is 4.90 Å². The smallest absolute Gasteiger partial charge is 0.325 e. The number of nitrogens with zero attached hydrogens (tertiary/aromatic N) is 1. The van der Waals surface area contributed by atoms with Gasteiger partial charge in [-0.3, -0.25) is 9.59 Å². The third-order valence-corrected chi connectivity index (χ3v) is 3.31. The number of rotatable bonds is 7. The van der Waals surface area contributed by atoms with E-state index >= 15 is 0 Å². The van der Waals surface area contributed by atoms with E-state index < -0.39 is 0 Å². The lowest BCUT2D eigenvalue weighted by Gasteiger charge is -2.21. The number of hydrogen-bond acceptors (Lipinski definition) is 4. The van der Waals surface area contributed by atoms with E-state index in [4.69, 9.17) is 21.1 Å². The van der Waals surface area contributed by atoms with Gasteiger partial charge in [0, 0.05) is 11.1 Å². The Balaban J connectivity index is 1.88. The Morgan fingerprint density at radius 1 is 1.38 bits per heavy atom. The summed E-state index contributed by atoms with van der Waals surface area (Å²) in [5.74, 6) is -0.0752. The summed E-state index contributed by atoms with van der Waals surface area (Å²) >= 11 is 5.85. The molecular formula is C15H18ClNO4. The van der Waals surface area contributed by atoms with E-state index in [1.54, 1.807) is 31.2 Å². The van der Waals surface area contributed by atoms with E-state index in [1.807, 2.05) is 0 Å². The van der Waals surface area contributed by atoms with Crippen LogP contribution in [0.4, 0.5) is 0 Å². The number of amides is 1. The van der Waals surface area contributed by atoms with E-state index in [-0.39, 0.29) is 31.1 Å². The minimum absolute atomic E-state index is 0.0176. The van der Waals surface area contributed by atoms with Gasteiger partial charge in [0.25, 0.3) is 5.91 Å². The summed E-state index contributed by atoms with van der Waals surface area (Å²) in [6.45, 7) is 1.92. The summed E-state index contributed by atoms with van der Waals surface area (Å²) in [6, 6.07) is 6.98. The van der Waals surface area contributed by atoms with Crippen LogP contribution in [0.15, 0.2) is 24.3 Å². The van der Waals surface area contributed by atoms with Crippen LogP contribution in [0.1, 0.15) is 19.8 Å². The molecule has 0 bridgehead atoms. The Morgan fingerprint density at radius 2 is 2.14 bits per heavy atom. The Morgan fingerprint density at radius 3 is 2.76 bits per heavy atom. The zero-order valence-corrected chi connectivity index (χ0v) is 12.6. The van der Waals surface area contributed by atoms with E-state index in [1.165, 1.54) is 4.90 Å². The number of benzene rings is 1. The summed E-state index contributed by atoms with van der Waals surface area (Å²) < 4.78 is 10.3. The molecule has 0 N–H and O–H groups in total. The second-order valence-corrected chi connectivity index (χ2v) is 5.24. The molecule has 0 atom stereocenters. The summed E-state index contributed by atoms with van der Waals surface area (Å²) in [5.41, 5.74) is 0. The number of carbonyl (C=O) groups is 2. The minimum atomic E-state index is -0.388. The molecule has 114 valence electrons. The highest BCUT2D eigenvalue weighted by atomic mass is 35.5. The Hall–Kier alpha value is -1.75. The molecule has 1 aliphatic carbocycles. The molecule has 1 amide bonds. The molecule has 1 saturated carbocycles. The summed E-state index contributed by atoms with van der Waals surface area (Å²) in [6.07, 6.45) is 1.84. The van der Waals surface area contributed by atoms with Gasteiger partial charge < -0.3 is 14.4 Å². The fourth-order valence-corrected chi connectivity index (χ4v) is 2.12. The van der Waals surface area contributed by atoms with Crippen molar-refractivity contribution in [3.63, 3.8) is 0 Å². The summed E-state index contributed by atoms with van der Waals surface area (Å²) in [5, 5.41) is 0.547. The molecule has 0 heterocycles. The molecule has 1 fully saturated rings. The van der Waals surface area contributed by atoms with Crippen molar-refractivity contribution in [2.24, 2.45) is 0 Å². The van der Waals surface area contributed by atoms with Gasteiger partial charge in [-0.25, -0.2) is 0 Å². The lowest BCUT2D eigenvalue weighted by Crippen LogP contribution is -2.40. The van der Waals surface area contributed by atoms with Crippen molar-refractivity contribution in [2.45, 2.75) is 25.8 Å². The van der Waals surface area contributed by atoms with E-state index in [0.717, 1.165) is 12.8 Å². The molecule has 0 radical (unpaired) electrons. The highest BCUT2D eigenvalue weighted by Gasteiger charge is 2.34. The van der Waals surface area contributed by atoms with E-state index in [9.17, 15) is 9.59 Å². The van der Waals surface area contributed by atoms with Crippen molar-refractivity contribution in [2.75, 3.05) is 19.8 Å². The van der Waals surface area contributed by atoms with Crippen LogP contribution < -0.4 is 4.74 Å². The molecule has 2 rings (SSSR count). The minimum Gasteiger partial charge on any atom is -0.484 e. The van der Waals surface area contributed by atoms with Gasteiger partial charge in [0.2, 0.25) is 0 Å². The van der Waals surface area contributed by atoms with Crippen molar-refractivity contribution in [3.8, 4) is 5.75 Å². The first kappa shape index (κ1) is 15.6. The van der Waals surface area contributed by atoms with Crippen LogP contribution in [0, 0.1) is 0 Å². The van der Waals surface area contributed by atoms with Gasteiger partial charge in [-0.2, -0.15) is 0 Å². The lowest BCUT2D eigenvalue weighted by molar-refractivity contribution is -0.150. The van der Waals surface area contributed by atoms with Gasteiger partial charge in [-0.15, -0.1) is 0 Å². The van der Waals surface area contributed by atoms with Crippen LogP contribution in [0.5, 0.6) is 5.75 Å². The standard InChI is InChI=1S/C15H18ClNO4/c1-2-20-15(19)9-17(12-6-7-12)14(18)10-21-13-5-3-4-11(16)8-13/h3-5,8,12H,2,6-7,9-10H2,1H3. The van der Waals surface area contributed by atoms with Crippen LogP contribution >= 0.6 is 11.6 Å². The average molecular weight is 312 g/mol. The van der Waals surface area contributed by atoms with Crippen molar-refractivity contribution >= 4 is 23.5 Å². The van der Waals surface area contributed by atoms with Crippen LogP contribution in [0.3, 0.4) is 0 Å². The van der Waals surface area contributed by atoms with E-state index in [2.05, 4.69) is 0 Å². The maximum Gasteiger partial charge on any atom is 0.325 e. The molecule has 0 aliphatic heterocycles. The van der Waals surface area contributed by atoms with Crippen molar-refractivity contribution in [3.05, 3.63) is 29.3 Å². The highest BCUT2D eigenvalue weighted by Crippen LogP contribution is 2.27. The maximum atomic E-state index is 12.2. The maximum absolute atomic E-state index is 12.2. The Labute approximate surface area is 128 Å². The number of ether oxygens (including phenoxy) is 2. The zero-order chi connectivity index (χ0) is 15.2. The molecule has 1 aliphatic rings. The number of esters is 1. The molecule has 1 aromatic rings. The highest BCUT2D eigenvalue weighted by molar-refractivity contribution is 6.30. The van der Waals surface area contributed by atoms with Crippen molar-refractivity contribution < 1.29 is 19.1 Å². The topological polar surface area (TPSA) is 55.8 Å². The van der Waals surface area contributed by atoms with Crippen LogP contribution in [-0.4, -0.2) is 42.6 Å². The molecule has 5 nitrogen and oxygen atoms in total. The molecule has 0 aromatic heterocycles. The van der Waals surface area contributed by atoms with Crippen LogP contribution in [0.2, 0.25) is 5.02 Å². The molecular weight excluding hydrogens is 294 g/mol. The van der Waals surface area contributed by atoms with Crippen LogP contribution in [-0.2, 0) is 14.3 Å². The molecule has 21 heavy (non-hydrogen) atoms. The van der Waals surface area contributed by atoms with E-state index in [0.29, 0.717) is 17.4 Å². The Bertz CT molecular complexity index is 516. The first-order valence-electron chi connectivity index (χ1n) is 6.93. The molecule has 0 saturated heterocycles. The first-order valence-corrected chi connectivity index (χ1v) is 7.31. The fraction of sp³-hybridized carbons (Fsp3) is 0.467. The van der Waals surface area contributed by atoms with Gasteiger partial charge in [0.1, 0.15) is 12.3 Å². The van der Waals surface area contributed by atoms with Gasteiger partial charge in [-0.05, 0) is 38.0 Å².